The van der Waals surface area contributed by atoms with Crippen LogP contribution in [-0.4, -0.2) is 7.52 Å². The van der Waals surface area contributed by atoms with Crippen LogP contribution in [-0.2, 0) is 28.4 Å². The van der Waals surface area contributed by atoms with Crippen LogP contribution in [0.2, 0.25) is 0 Å². The molecular weight excluding hydrogens is 611 g/mol. The van der Waals surface area contributed by atoms with Crippen LogP contribution in [0.4, 0.5) is 0 Å². The Labute approximate surface area is 235 Å². The standard InChI is InChI=1S/C15H13.2C7H6.C5H5.2CH3.Hf/c1-10-7-13-9-12-5-3-4-6-14(12)15(13)8-11(10)2;2*1-7-5-3-2-4-6-7;1-2-4-5-3-1;;;/h3-6,8H,9H2,1-2H3;2*1-6H;1-5H;2*1H3;/q-1;;;3*-1;. The molecule has 1 heteroatoms. The zero-order valence-corrected chi connectivity index (χ0v) is 26.0. The van der Waals surface area contributed by atoms with E-state index in [0.717, 1.165) is 6.42 Å². The van der Waals surface area contributed by atoms with Gasteiger partial charge in [-0.1, -0.05) is 49.2 Å². The van der Waals surface area contributed by atoms with Crippen LogP contribution in [0, 0.1) is 34.8 Å². The summed E-state index contributed by atoms with van der Waals surface area (Å²) in [6.45, 7) is 4.30. The Morgan fingerprint density at radius 3 is 1.76 bits per heavy atom. The van der Waals surface area contributed by atoms with Crippen LogP contribution in [0.5, 0.6) is 0 Å². The Hall–Kier alpha value is -3.16. The number of hydrogen-bond acceptors (Lipinski definition) is 0. The molecule has 0 atom stereocenters. The van der Waals surface area contributed by atoms with Crippen LogP contribution in [0.3, 0.4) is 0 Å². The van der Waals surface area contributed by atoms with Crippen LogP contribution in [0.25, 0.3) is 11.1 Å². The van der Waals surface area contributed by atoms with Gasteiger partial charge in [-0.15, -0.1) is 11.1 Å². The second kappa shape index (κ2) is 15.8. The number of rotatable bonds is 2. The van der Waals surface area contributed by atoms with Crippen LogP contribution < -0.4 is 0 Å². The largest absolute Gasteiger partial charge is 0.214 e. The smallest absolute Gasteiger partial charge is 0.172 e. The van der Waals surface area contributed by atoms with Gasteiger partial charge in [0.2, 0.25) is 0 Å². The second-order valence-electron chi connectivity index (χ2n) is 8.54. The van der Waals surface area contributed by atoms with Gasteiger partial charge in [-0.2, -0.15) is 41.5 Å². The first kappa shape index (κ1) is 30.1. The van der Waals surface area contributed by atoms with Crippen molar-refractivity contribution in [3.8, 4) is 11.1 Å². The predicted octanol–water partition coefficient (Wildman–Crippen LogP) is 8.75. The van der Waals surface area contributed by atoms with Crippen molar-refractivity contribution in [2.24, 2.45) is 0 Å². The Morgan fingerprint density at radius 2 is 1.22 bits per heavy atom. The van der Waals surface area contributed by atoms with E-state index in [-0.39, 0.29) is 14.9 Å². The molecule has 0 saturated carbocycles. The van der Waals surface area contributed by atoms with Gasteiger partial charge >= 0.3 is 101 Å². The zero-order valence-electron chi connectivity index (χ0n) is 22.4. The monoisotopic (exact) mass is 648 g/mol. The van der Waals surface area contributed by atoms with E-state index in [1.165, 1.54) is 44.5 Å². The van der Waals surface area contributed by atoms with Crippen molar-refractivity contribution in [2.45, 2.75) is 20.3 Å². The molecule has 0 fully saturated rings. The van der Waals surface area contributed by atoms with E-state index in [1.54, 1.807) is 0 Å². The first-order valence-electron chi connectivity index (χ1n) is 12.0. The summed E-state index contributed by atoms with van der Waals surface area (Å²) in [6, 6.07) is 45.7. The molecule has 0 radical (unpaired) electrons. The minimum Gasteiger partial charge on any atom is -0.214 e. The summed E-state index contributed by atoms with van der Waals surface area (Å²) in [5, 5.41) is 0. The van der Waals surface area contributed by atoms with E-state index in [4.69, 9.17) is 0 Å². The van der Waals surface area contributed by atoms with Gasteiger partial charge in [-0.05, 0) is 6.42 Å². The molecule has 0 N–H and O–H groups in total. The van der Waals surface area contributed by atoms with Crippen LogP contribution in [0.15, 0.2) is 121 Å². The Kier molecular flexibility index (Phi) is 12.9. The third-order valence-electron chi connectivity index (χ3n) is 5.95. The Morgan fingerprint density at radius 1 is 0.676 bits per heavy atom. The number of aryl methyl sites for hydroxylation is 2. The van der Waals surface area contributed by atoms with Crippen LogP contribution in [0.1, 0.15) is 33.4 Å². The summed E-state index contributed by atoms with van der Waals surface area (Å²) in [5.41, 5.74) is 10.9. The average molecular weight is 647 g/mol. The quantitative estimate of drug-likeness (QED) is 0.130. The first-order valence-corrected chi connectivity index (χ1v) is 16.2. The Balaban J connectivity index is 0.000000210. The molecule has 37 heavy (non-hydrogen) atoms. The predicted molar refractivity (Wildman–Crippen MR) is 161 cm³/mol. The van der Waals surface area contributed by atoms with Crippen molar-refractivity contribution >= 4 is 7.52 Å². The Bertz CT molecular complexity index is 1330. The molecule has 0 heterocycles. The molecule has 0 amide bonds. The van der Waals surface area contributed by atoms with Crippen molar-refractivity contribution in [1.29, 1.82) is 0 Å². The molecule has 0 nitrogen and oxygen atoms in total. The molecule has 1 aliphatic rings. The molecule has 0 bridgehead atoms. The van der Waals surface area contributed by atoms with Gasteiger partial charge in [0.05, 0.1) is 0 Å². The number of hydrogen-bond donors (Lipinski definition) is 0. The molecule has 1 aliphatic carbocycles. The van der Waals surface area contributed by atoms with Gasteiger partial charge < -0.3 is 14.9 Å². The number of fused-ring (bicyclic) bond motifs is 3. The van der Waals surface area contributed by atoms with Crippen LogP contribution >= 0.6 is 0 Å². The van der Waals surface area contributed by atoms with Gasteiger partial charge in [0.15, 0.2) is 0 Å². The third-order valence-corrected chi connectivity index (χ3v) is 9.54. The normalized spacial score (nSPS) is 9.78. The van der Waals surface area contributed by atoms with E-state index in [0.29, 0.717) is 0 Å². The first-order chi connectivity index (χ1) is 17.2. The van der Waals surface area contributed by atoms with Crippen molar-refractivity contribution in [2.75, 3.05) is 0 Å². The van der Waals surface area contributed by atoms with Gasteiger partial charge in [-0.3, -0.25) is 0 Å². The number of benzene rings is 4. The van der Waals surface area contributed by atoms with E-state index < -0.39 is 21.9 Å². The SMILES string of the molecule is Cc1[c-]c2c(cc1C)-c1ccccc1C2.[CH3-].[CH3-].[CH](=[Hf]=[CH]c1ccccc1)c1ccccc1.c1cc[cH-]c1. The van der Waals surface area contributed by atoms with E-state index in [9.17, 15) is 0 Å². The van der Waals surface area contributed by atoms with Gasteiger partial charge in [0.1, 0.15) is 0 Å². The minimum atomic E-state index is -0.721. The van der Waals surface area contributed by atoms with Gasteiger partial charge in [0, 0.05) is 0 Å². The second-order valence-corrected chi connectivity index (χ2v) is 11.8. The third kappa shape index (κ3) is 9.02. The summed E-state index contributed by atoms with van der Waals surface area (Å²) in [6.07, 6.45) is 1.05. The van der Waals surface area contributed by atoms with Crippen molar-refractivity contribution in [3.05, 3.63) is 176 Å². The molecule has 0 saturated heterocycles. The fourth-order valence-electron chi connectivity index (χ4n) is 3.96. The summed E-state index contributed by atoms with van der Waals surface area (Å²) in [4.78, 5) is 0. The molecule has 0 unspecified atom stereocenters. The molecule has 5 aromatic carbocycles. The average Bonchev–Trinajstić information content (AvgIpc) is 3.59. The van der Waals surface area contributed by atoms with Gasteiger partial charge in [-0.25, -0.2) is 12.1 Å². The zero-order chi connectivity index (χ0) is 24.3. The summed E-state index contributed by atoms with van der Waals surface area (Å²) < 4.78 is 4.85. The van der Waals surface area contributed by atoms with Crippen molar-refractivity contribution < 1.29 is 21.9 Å². The molecule has 0 aliphatic heterocycles. The molecule has 188 valence electrons. The van der Waals surface area contributed by atoms with Gasteiger partial charge in [0.25, 0.3) is 0 Å². The maximum absolute atomic E-state index is 3.50. The topological polar surface area (TPSA) is 0 Å². The summed E-state index contributed by atoms with van der Waals surface area (Å²) in [5.74, 6) is 0. The fraction of sp³-hybridized carbons (Fsp3) is 0.0833. The maximum Gasteiger partial charge on any atom is -0.172 e. The molecular formula is C36H36Hf-4. The molecule has 6 rings (SSSR count). The van der Waals surface area contributed by atoms with E-state index >= 15 is 0 Å². The molecule has 5 aromatic rings. The minimum absolute atomic E-state index is 0. The van der Waals surface area contributed by atoms with E-state index in [2.05, 4.69) is 118 Å². The molecule has 0 spiro atoms. The summed E-state index contributed by atoms with van der Waals surface area (Å²) >= 11 is -0.721. The summed E-state index contributed by atoms with van der Waals surface area (Å²) in [7, 11) is 0. The van der Waals surface area contributed by atoms with Crippen molar-refractivity contribution in [1.82, 2.24) is 0 Å². The fourth-order valence-corrected chi connectivity index (χ4v) is 7.03. The maximum atomic E-state index is 3.50. The van der Waals surface area contributed by atoms with Crippen molar-refractivity contribution in [3.63, 3.8) is 0 Å². The molecule has 0 aromatic heterocycles. The van der Waals surface area contributed by atoms with E-state index in [1.807, 2.05) is 30.3 Å².